The Labute approximate surface area is 213 Å². The number of piperidine rings is 1. The largest absolute Gasteiger partial charge is 0.383 e. The number of aromatic nitrogens is 3. The van der Waals surface area contributed by atoms with Crippen molar-refractivity contribution in [2.45, 2.75) is 44.4 Å². The second-order valence-electron chi connectivity index (χ2n) is 9.49. The van der Waals surface area contributed by atoms with Crippen molar-refractivity contribution in [2.75, 3.05) is 18.4 Å². The number of aliphatic hydroxyl groups is 1. The van der Waals surface area contributed by atoms with Gasteiger partial charge in [-0.25, -0.2) is 13.2 Å². The first-order chi connectivity index (χ1) is 17.8. The maximum Gasteiger partial charge on any atom is 0.266 e. The number of benzene rings is 1. The highest BCUT2D eigenvalue weighted by Crippen LogP contribution is 2.35. The van der Waals surface area contributed by atoms with E-state index in [9.17, 15) is 18.3 Å². The number of nitrogens with zero attached hydrogens (tertiary/aromatic N) is 4. The van der Waals surface area contributed by atoms with Crippen LogP contribution in [0.25, 0.3) is 10.9 Å². The van der Waals surface area contributed by atoms with Gasteiger partial charge in [0.25, 0.3) is 6.43 Å². The molecule has 1 saturated heterocycles. The lowest BCUT2D eigenvalue weighted by Crippen LogP contribution is -2.42. The Morgan fingerprint density at radius 1 is 1.00 bits per heavy atom. The molecule has 4 heterocycles. The Morgan fingerprint density at radius 3 is 2.51 bits per heavy atom. The third kappa shape index (κ3) is 5.28. The van der Waals surface area contributed by atoms with Gasteiger partial charge in [-0.05, 0) is 44.0 Å². The molecule has 0 bridgehead atoms. The second-order valence-corrected chi connectivity index (χ2v) is 9.49. The number of hydrogen-bond acceptors (Lipinski definition) is 6. The molecule has 0 amide bonds. The molecule has 2 N–H and O–H groups in total. The predicted octanol–water partition coefficient (Wildman–Crippen LogP) is 5.76. The van der Waals surface area contributed by atoms with Gasteiger partial charge in [-0.3, -0.25) is 19.9 Å². The zero-order chi connectivity index (χ0) is 26.0. The SMILES string of the molecule is C[C@@H](Nc1ccnc2cnc(C3(O)CCN(Cc4ccccn4)CC3)cc12)c1cccc(C(F)F)c1F. The average Bonchev–Trinajstić information content (AvgIpc) is 2.90. The number of halogens is 3. The normalized spacial score (nSPS) is 16.7. The number of alkyl halides is 2. The zero-order valence-corrected chi connectivity index (χ0v) is 20.4. The summed E-state index contributed by atoms with van der Waals surface area (Å²) in [5, 5.41) is 15.4. The Bertz CT molecular complexity index is 1380. The molecule has 1 fully saturated rings. The van der Waals surface area contributed by atoms with Gasteiger partial charge in [0.05, 0.1) is 34.7 Å². The van der Waals surface area contributed by atoms with Crippen LogP contribution in [0.2, 0.25) is 0 Å². The Hall–Kier alpha value is -3.56. The van der Waals surface area contributed by atoms with E-state index >= 15 is 0 Å². The van der Waals surface area contributed by atoms with E-state index in [1.807, 2.05) is 24.3 Å². The van der Waals surface area contributed by atoms with Crippen molar-refractivity contribution < 1.29 is 18.3 Å². The van der Waals surface area contributed by atoms with Crippen LogP contribution in [0.5, 0.6) is 0 Å². The van der Waals surface area contributed by atoms with Gasteiger partial charge >= 0.3 is 0 Å². The van der Waals surface area contributed by atoms with Crippen LogP contribution in [0, 0.1) is 5.82 Å². The number of hydrogen-bond donors (Lipinski definition) is 2. The van der Waals surface area contributed by atoms with Crippen LogP contribution in [-0.4, -0.2) is 38.0 Å². The van der Waals surface area contributed by atoms with E-state index in [0.29, 0.717) is 48.2 Å². The summed E-state index contributed by atoms with van der Waals surface area (Å²) in [4.78, 5) is 15.5. The minimum absolute atomic E-state index is 0.149. The highest BCUT2D eigenvalue weighted by Gasteiger charge is 2.35. The van der Waals surface area contributed by atoms with Crippen LogP contribution in [0.4, 0.5) is 18.9 Å². The molecule has 1 atom stereocenters. The van der Waals surface area contributed by atoms with Crippen LogP contribution < -0.4 is 5.32 Å². The van der Waals surface area contributed by atoms with Crippen molar-refractivity contribution in [2.24, 2.45) is 0 Å². The monoisotopic (exact) mass is 507 g/mol. The average molecular weight is 508 g/mol. The van der Waals surface area contributed by atoms with Gasteiger partial charge in [0.1, 0.15) is 11.4 Å². The quantitative estimate of drug-likeness (QED) is 0.331. The van der Waals surface area contributed by atoms with Crippen molar-refractivity contribution in [3.8, 4) is 0 Å². The molecule has 0 aliphatic carbocycles. The molecule has 1 aliphatic rings. The summed E-state index contributed by atoms with van der Waals surface area (Å²) in [6.45, 7) is 3.83. The first kappa shape index (κ1) is 25.1. The lowest BCUT2D eigenvalue weighted by molar-refractivity contribution is -0.0312. The van der Waals surface area contributed by atoms with Crippen LogP contribution >= 0.6 is 0 Å². The second kappa shape index (κ2) is 10.4. The highest BCUT2D eigenvalue weighted by molar-refractivity contribution is 5.91. The molecule has 192 valence electrons. The molecule has 4 aromatic rings. The van der Waals surface area contributed by atoms with Gasteiger partial charge in [-0.2, -0.15) is 0 Å². The van der Waals surface area contributed by atoms with Gasteiger partial charge < -0.3 is 10.4 Å². The van der Waals surface area contributed by atoms with E-state index in [1.165, 1.54) is 12.1 Å². The van der Waals surface area contributed by atoms with E-state index in [4.69, 9.17) is 0 Å². The molecule has 3 aromatic heterocycles. The molecule has 0 saturated carbocycles. The Morgan fingerprint density at radius 2 is 1.78 bits per heavy atom. The maximum atomic E-state index is 14.7. The fourth-order valence-corrected chi connectivity index (χ4v) is 4.87. The molecular weight excluding hydrogens is 479 g/mol. The summed E-state index contributed by atoms with van der Waals surface area (Å²) < 4.78 is 41.1. The summed E-state index contributed by atoms with van der Waals surface area (Å²) in [5.74, 6) is -0.912. The smallest absolute Gasteiger partial charge is 0.266 e. The summed E-state index contributed by atoms with van der Waals surface area (Å²) in [6.07, 6.45) is 3.15. The fourth-order valence-electron chi connectivity index (χ4n) is 4.87. The van der Waals surface area contributed by atoms with Crippen molar-refractivity contribution in [1.82, 2.24) is 19.9 Å². The summed E-state index contributed by atoms with van der Waals surface area (Å²) in [5.41, 5.74) is 1.24. The number of likely N-dealkylation sites (tertiary alicyclic amines) is 1. The van der Waals surface area contributed by atoms with Gasteiger partial charge in [0.2, 0.25) is 0 Å². The molecular formula is C28H28F3N5O. The first-order valence-electron chi connectivity index (χ1n) is 12.3. The molecule has 9 heteroatoms. The number of nitrogens with one attached hydrogen (secondary N) is 1. The van der Waals surface area contributed by atoms with E-state index in [2.05, 4.69) is 25.2 Å². The van der Waals surface area contributed by atoms with Crippen LogP contribution in [0.3, 0.4) is 0 Å². The van der Waals surface area contributed by atoms with E-state index in [-0.39, 0.29) is 5.56 Å². The summed E-state index contributed by atoms with van der Waals surface area (Å²) >= 11 is 0. The molecule has 1 aliphatic heterocycles. The first-order valence-corrected chi connectivity index (χ1v) is 12.3. The highest BCUT2D eigenvalue weighted by atomic mass is 19.3. The third-order valence-electron chi connectivity index (χ3n) is 7.03. The molecule has 37 heavy (non-hydrogen) atoms. The topological polar surface area (TPSA) is 74.2 Å². The Balaban J connectivity index is 1.36. The maximum absolute atomic E-state index is 14.7. The number of pyridine rings is 3. The molecule has 0 radical (unpaired) electrons. The van der Waals surface area contributed by atoms with Crippen molar-refractivity contribution in [3.05, 3.63) is 95.5 Å². The van der Waals surface area contributed by atoms with Crippen LogP contribution in [-0.2, 0) is 12.1 Å². The van der Waals surface area contributed by atoms with Gasteiger partial charge in [-0.1, -0.05) is 24.3 Å². The lowest BCUT2D eigenvalue weighted by Gasteiger charge is -2.37. The van der Waals surface area contributed by atoms with Gasteiger partial charge in [0, 0.05) is 48.7 Å². The number of fused-ring (bicyclic) bond motifs is 1. The van der Waals surface area contributed by atoms with Crippen molar-refractivity contribution in [3.63, 3.8) is 0 Å². The van der Waals surface area contributed by atoms with E-state index in [0.717, 1.165) is 18.3 Å². The predicted molar refractivity (Wildman–Crippen MR) is 136 cm³/mol. The zero-order valence-electron chi connectivity index (χ0n) is 20.4. The summed E-state index contributed by atoms with van der Waals surface area (Å²) in [6, 6.07) is 12.8. The molecule has 1 aromatic carbocycles. The van der Waals surface area contributed by atoms with Gasteiger partial charge in [0.15, 0.2) is 0 Å². The molecule has 0 spiro atoms. The minimum Gasteiger partial charge on any atom is -0.383 e. The third-order valence-corrected chi connectivity index (χ3v) is 7.03. The van der Waals surface area contributed by atoms with Crippen molar-refractivity contribution >= 4 is 16.6 Å². The lowest BCUT2D eigenvalue weighted by atomic mass is 9.87. The molecule has 6 nitrogen and oxygen atoms in total. The van der Waals surface area contributed by atoms with E-state index in [1.54, 1.807) is 31.6 Å². The van der Waals surface area contributed by atoms with Crippen LogP contribution in [0.1, 0.15) is 54.7 Å². The van der Waals surface area contributed by atoms with Gasteiger partial charge in [-0.15, -0.1) is 0 Å². The number of rotatable bonds is 7. The number of anilines is 1. The fraction of sp³-hybridized carbons (Fsp3) is 0.321. The molecule has 5 rings (SSSR count). The van der Waals surface area contributed by atoms with Crippen molar-refractivity contribution in [1.29, 1.82) is 0 Å². The van der Waals surface area contributed by atoms with Crippen LogP contribution in [0.15, 0.2) is 67.1 Å². The standard InChI is InChI=1S/C28H28F3N5O/c1-18(20-6-4-7-21(26(20)29)27(30)31)35-23-8-12-33-24-16-34-25(15-22(23)24)28(37)9-13-36(14-10-28)17-19-5-2-3-11-32-19/h2-8,11-12,15-16,18,27,37H,9-10,13-14,17H2,1H3,(H,33,35)/t18-/m1/s1. The Kier molecular flexibility index (Phi) is 7.08. The van der Waals surface area contributed by atoms with E-state index < -0.39 is 29.4 Å². The molecule has 0 unspecified atom stereocenters. The summed E-state index contributed by atoms with van der Waals surface area (Å²) in [7, 11) is 0. The minimum atomic E-state index is -2.89.